The predicted molar refractivity (Wildman–Crippen MR) is 90.8 cm³/mol. The van der Waals surface area contributed by atoms with E-state index in [1.54, 1.807) is 11.3 Å². The standard InChI is InChI=1S/C17H23N3O3S/c1-4-13(21-7-1)10-20(11-14-5-2-8-22-14)12-16-18-17(19-23-16)15-6-3-9-24-15/h3,6,9,13-14H,1-2,4-5,7-8,10-12H2/t13-,14-/m1/s1. The van der Waals surface area contributed by atoms with Crippen LogP contribution < -0.4 is 0 Å². The molecule has 4 heterocycles. The fourth-order valence-electron chi connectivity index (χ4n) is 3.37. The summed E-state index contributed by atoms with van der Waals surface area (Å²) in [6, 6.07) is 4.01. The van der Waals surface area contributed by atoms with Gasteiger partial charge in [0.1, 0.15) is 0 Å². The van der Waals surface area contributed by atoms with Crippen molar-refractivity contribution in [2.24, 2.45) is 0 Å². The van der Waals surface area contributed by atoms with Gasteiger partial charge in [-0.3, -0.25) is 4.90 Å². The van der Waals surface area contributed by atoms with Crippen molar-refractivity contribution in [2.45, 2.75) is 44.4 Å². The van der Waals surface area contributed by atoms with Crippen LogP contribution in [0.3, 0.4) is 0 Å². The Balaban J connectivity index is 1.41. The van der Waals surface area contributed by atoms with Crippen molar-refractivity contribution < 1.29 is 14.0 Å². The molecule has 4 rings (SSSR count). The smallest absolute Gasteiger partial charge is 0.241 e. The van der Waals surface area contributed by atoms with Gasteiger partial charge in [0.2, 0.25) is 11.7 Å². The van der Waals surface area contributed by atoms with Crippen LogP contribution in [0, 0.1) is 0 Å². The van der Waals surface area contributed by atoms with Crippen molar-refractivity contribution in [3.63, 3.8) is 0 Å². The third-order valence-electron chi connectivity index (χ3n) is 4.54. The SMILES string of the molecule is c1csc(-c2noc(CN(C[C@H]3CCCO3)C[C@H]3CCCO3)n2)c1. The van der Waals surface area contributed by atoms with Crippen molar-refractivity contribution in [1.29, 1.82) is 0 Å². The van der Waals surface area contributed by atoms with E-state index in [0.717, 1.165) is 56.9 Å². The molecule has 0 radical (unpaired) electrons. The van der Waals surface area contributed by atoms with Crippen LogP contribution in [0.1, 0.15) is 31.6 Å². The van der Waals surface area contributed by atoms with Crippen LogP contribution in [-0.2, 0) is 16.0 Å². The molecule has 0 bridgehead atoms. The summed E-state index contributed by atoms with van der Waals surface area (Å²) in [6.07, 6.45) is 5.19. The molecule has 0 aliphatic carbocycles. The van der Waals surface area contributed by atoms with E-state index in [1.807, 2.05) is 17.5 Å². The van der Waals surface area contributed by atoms with Crippen LogP contribution in [0.4, 0.5) is 0 Å². The van der Waals surface area contributed by atoms with E-state index in [0.29, 0.717) is 30.5 Å². The minimum atomic E-state index is 0.311. The van der Waals surface area contributed by atoms with Crippen LogP contribution in [-0.4, -0.2) is 53.6 Å². The van der Waals surface area contributed by atoms with E-state index in [1.165, 1.54) is 0 Å². The van der Waals surface area contributed by atoms with Crippen molar-refractivity contribution in [3.05, 3.63) is 23.4 Å². The molecule has 2 aliphatic heterocycles. The zero-order valence-corrected chi connectivity index (χ0v) is 14.5. The molecule has 0 N–H and O–H groups in total. The molecule has 0 amide bonds. The quantitative estimate of drug-likeness (QED) is 0.766. The molecule has 0 spiro atoms. The van der Waals surface area contributed by atoms with Crippen molar-refractivity contribution in [2.75, 3.05) is 26.3 Å². The summed E-state index contributed by atoms with van der Waals surface area (Å²) >= 11 is 1.62. The van der Waals surface area contributed by atoms with E-state index in [2.05, 4.69) is 15.0 Å². The van der Waals surface area contributed by atoms with Crippen LogP contribution >= 0.6 is 11.3 Å². The highest BCUT2D eigenvalue weighted by Gasteiger charge is 2.25. The van der Waals surface area contributed by atoms with Gasteiger partial charge in [-0.2, -0.15) is 4.98 Å². The largest absolute Gasteiger partial charge is 0.377 e. The average Bonchev–Trinajstić information content (AvgIpc) is 3.37. The van der Waals surface area contributed by atoms with E-state index in [9.17, 15) is 0 Å². The first kappa shape index (κ1) is 16.2. The first-order valence-electron chi connectivity index (χ1n) is 8.69. The normalized spacial score (nSPS) is 24.2. The van der Waals surface area contributed by atoms with Crippen LogP contribution in [0.25, 0.3) is 10.7 Å². The van der Waals surface area contributed by atoms with Crippen LogP contribution in [0.2, 0.25) is 0 Å². The van der Waals surface area contributed by atoms with E-state index in [4.69, 9.17) is 14.0 Å². The van der Waals surface area contributed by atoms with Crippen molar-refractivity contribution in [1.82, 2.24) is 15.0 Å². The maximum Gasteiger partial charge on any atom is 0.241 e. The molecule has 2 aliphatic rings. The summed E-state index contributed by atoms with van der Waals surface area (Å²) < 4.78 is 17.1. The minimum Gasteiger partial charge on any atom is -0.377 e. The van der Waals surface area contributed by atoms with Crippen molar-refractivity contribution in [3.8, 4) is 10.7 Å². The Morgan fingerprint density at radius 2 is 1.88 bits per heavy atom. The lowest BCUT2D eigenvalue weighted by molar-refractivity contribution is 0.0309. The number of thiophene rings is 1. The number of hydrogen-bond acceptors (Lipinski definition) is 7. The first-order valence-corrected chi connectivity index (χ1v) is 9.57. The monoisotopic (exact) mass is 349 g/mol. The Bertz CT molecular complexity index is 601. The number of hydrogen-bond donors (Lipinski definition) is 0. The van der Waals surface area contributed by atoms with Gasteiger partial charge in [0, 0.05) is 26.3 Å². The Morgan fingerprint density at radius 3 is 2.46 bits per heavy atom. The fourth-order valence-corrected chi connectivity index (χ4v) is 4.02. The molecule has 6 nitrogen and oxygen atoms in total. The maximum atomic E-state index is 5.80. The topological polar surface area (TPSA) is 60.6 Å². The van der Waals surface area contributed by atoms with Gasteiger partial charge in [0.25, 0.3) is 0 Å². The molecule has 130 valence electrons. The Morgan fingerprint density at radius 1 is 1.12 bits per heavy atom. The Hall–Kier alpha value is -1.28. The zero-order valence-electron chi connectivity index (χ0n) is 13.7. The summed E-state index contributed by atoms with van der Waals surface area (Å²) in [5.41, 5.74) is 0. The number of aromatic nitrogens is 2. The first-order chi connectivity index (χ1) is 11.9. The van der Waals surface area contributed by atoms with Gasteiger partial charge in [0.15, 0.2) is 0 Å². The second-order valence-corrected chi connectivity index (χ2v) is 7.40. The Kier molecular flexibility index (Phi) is 5.22. The molecule has 2 saturated heterocycles. The lowest BCUT2D eigenvalue weighted by Gasteiger charge is -2.26. The third-order valence-corrected chi connectivity index (χ3v) is 5.41. The molecule has 0 aromatic carbocycles. The third kappa shape index (κ3) is 4.03. The maximum absolute atomic E-state index is 5.80. The Labute approximate surface area is 145 Å². The van der Waals surface area contributed by atoms with Gasteiger partial charge in [-0.1, -0.05) is 11.2 Å². The lowest BCUT2D eigenvalue weighted by atomic mass is 10.2. The summed E-state index contributed by atoms with van der Waals surface area (Å²) in [4.78, 5) is 7.93. The van der Waals surface area contributed by atoms with Gasteiger partial charge in [-0.25, -0.2) is 0 Å². The molecule has 7 heteroatoms. The molecule has 2 fully saturated rings. The van der Waals surface area contributed by atoms with Gasteiger partial charge in [0.05, 0.1) is 23.6 Å². The number of rotatable bonds is 7. The molecule has 2 atom stereocenters. The molecule has 0 saturated carbocycles. The van der Waals surface area contributed by atoms with Crippen molar-refractivity contribution >= 4 is 11.3 Å². The second kappa shape index (κ2) is 7.74. The van der Waals surface area contributed by atoms with Gasteiger partial charge >= 0.3 is 0 Å². The summed E-state index contributed by atoms with van der Waals surface area (Å²) in [7, 11) is 0. The highest BCUT2D eigenvalue weighted by Crippen LogP contribution is 2.23. The number of ether oxygens (including phenoxy) is 2. The summed E-state index contributed by atoms with van der Waals surface area (Å²) in [5.74, 6) is 1.34. The molecular weight excluding hydrogens is 326 g/mol. The molecule has 2 aromatic rings. The highest BCUT2D eigenvalue weighted by atomic mass is 32.1. The number of nitrogens with zero attached hydrogens (tertiary/aromatic N) is 3. The molecule has 2 aromatic heterocycles. The lowest BCUT2D eigenvalue weighted by Crippen LogP contribution is -2.37. The minimum absolute atomic E-state index is 0.311. The van der Waals surface area contributed by atoms with E-state index >= 15 is 0 Å². The van der Waals surface area contributed by atoms with Crippen LogP contribution in [0.5, 0.6) is 0 Å². The highest BCUT2D eigenvalue weighted by molar-refractivity contribution is 7.13. The predicted octanol–water partition coefficient (Wildman–Crippen LogP) is 2.96. The molecule has 0 unspecified atom stereocenters. The second-order valence-electron chi connectivity index (χ2n) is 6.45. The van der Waals surface area contributed by atoms with Gasteiger partial charge < -0.3 is 14.0 Å². The molecule has 24 heavy (non-hydrogen) atoms. The summed E-state index contributed by atoms with van der Waals surface area (Å²) in [6.45, 7) is 4.20. The fraction of sp³-hybridized carbons (Fsp3) is 0.647. The van der Waals surface area contributed by atoms with E-state index < -0.39 is 0 Å². The summed E-state index contributed by atoms with van der Waals surface area (Å²) in [5, 5.41) is 6.13. The average molecular weight is 349 g/mol. The van der Waals surface area contributed by atoms with Gasteiger partial charge in [-0.05, 0) is 37.1 Å². The van der Waals surface area contributed by atoms with E-state index in [-0.39, 0.29) is 0 Å². The zero-order chi connectivity index (χ0) is 16.2. The van der Waals surface area contributed by atoms with Gasteiger partial charge in [-0.15, -0.1) is 11.3 Å². The molecular formula is C17H23N3O3S. The van der Waals surface area contributed by atoms with Crippen LogP contribution in [0.15, 0.2) is 22.0 Å².